The molecule has 3 aromatic rings. The van der Waals surface area contributed by atoms with E-state index in [1.807, 2.05) is 36.4 Å². The van der Waals surface area contributed by atoms with Gasteiger partial charge in [-0.1, -0.05) is 60.7 Å². The summed E-state index contributed by atoms with van der Waals surface area (Å²) >= 11 is 0. The number of nitrogens with zero attached hydrogens (tertiary/aromatic N) is 3. The summed E-state index contributed by atoms with van der Waals surface area (Å²) in [7, 11) is 0. The molecule has 0 saturated heterocycles. The topological polar surface area (TPSA) is 136 Å². The van der Waals surface area contributed by atoms with E-state index < -0.39 is 5.41 Å². The first kappa shape index (κ1) is 24.9. The number of aromatic nitrogens is 2. The van der Waals surface area contributed by atoms with Gasteiger partial charge in [-0.25, -0.2) is 15.5 Å². The third kappa shape index (κ3) is 5.72. The van der Waals surface area contributed by atoms with Crippen LogP contribution in [0.1, 0.15) is 23.7 Å². The summed E-state index contributed by atoms with van der Waals surface area (Å²) < 4.78 is 1.41. The van der Waals surface area contributed by atoms with Crippen LogP contribution < -0.4 is 27.4 Å². The maximum absolute atomic E-state index is 13.2. The summed E-state index contributed by atoms with van der Waals surface area (Å²) in [5.74, 6) is 0.0743. The number of aryl methyl sites for hydroxylation is 1. The Morgan fingerprint density at radius 3 is 2.39 bits per heavy atom. The molecule has 0 bridgehead atoms. The van der Waals surface area contributed by atoms with Gasteiger partial charge in [0, 0.05) is 30.4 Å². The number of rotatable bonds is 9. The molecule has 0 radical (unpaired) electrons. The van der Waals surface area contributed by atoms with E-state index in [0.717, 1.165) is 11.1 Å². The zero-order valence-corrected chi connectivity index (χ0v) is 20.4. The molecule has 10 nitrogen and oxygen atoms in total. The maximum atomic E-state index is 13.2. The molecule has 1 amide bonds. The highest BCUT2D eigenvalue weighted by Crippen LogP contribution is 2.31. The van der Waals surface area contributed by atoms with E-state index >= 15 is 0 Å². The van der Waals surface area contributed by atoms with Crippen LogP contribution in [0.2, 0.25) is 0 Å². The van der Waals surface area contributed by atoms with Gasteiger partial charge < -0.3 is 16.4 Å². The number of carbonyl (C=O) groups is 1. The molecule has 1 aliphatic rings. The molecular formula is C26H31N7O3. The second-order valence-corrected chi connectivity index (χ2v) is 8.93. The average molecular weight is 490 g/mol. The number of amides is 1. The number of nitrogens with two attached hydrogens (primary N) is 1. The molecule has 5 N–H and O–H groups in total. The fraction of sp³-hybridized carbons (Fsp3) is 0.308. The molecule has 0 fully saturated rings. The van der Waals surface area contributed by atoms with E-state index in [1.54, 1.807) is 13.1 Å². The SMILES string of the molecule is Cc1cnc(NCC(C)(c2ccccc2)c2ccccc2)c(=O)n1CC(=O)NCC1CN=C(N)NO1. The van der Waals surface area contributed by atoms with Crippen LogP contribution in [-0.4, -0.2) is 47.2 Å². The van der Waals surface area contributed by atoms with Gasteiger partial charge in [0.2, 0.25) is 11.9 Å². The summed E-state index contributed by atoms with van der Waals surface area (Å²) in [4.78, 5) is 39.5. The highest BCUT2D eigenvalue weighted by molar-refractivity contribution is 5.77. The number of nitrogens with one attached hydrogen (secondary N) is 3. The molecule has 4 rings (SSSR count). The Morgan fingerprint density at radius 2 is 1.81 bits per heavy atom. The Kier molecular flexibility index (Phi) is 7.65. The molecule has 0 aliphatic carbocycles. The minimum Gasteiger partial charge on any atom is -0.368 e. The van der Waals surface area contributed by atoms with Gasteiger partial charge in [-0.2, -0.15) is 0 Å². The average Bonchev–Trinajstić information content (AvgIpc) is 2.91. The normalized spacial score (nSPS) is 15.5. The zero-order chi connectivity index (χ0) is 25.5. The van der Waals surface area contributed by atoms with Crippen LogP contribution in [0.4, 0.5) is 5.82 Å². The van der Waals surface area contributed by atoms with Gasteiger partial charge >= 0.3 is 0 Å². The lowest BCUT2D eigenvalue weighted by atomic mass is 9.76. The molecule has 10 heteroatoms. The molecule has 1 aromatic heterocycles. The number of hydroxylamine groups is 1. The number of hydrogen-bond acceptors (Lipinski definition) is 8. The number of carbonyl (C=O) groups excluding carboxylic acids is 1. The molecule has 0 saturated carbocycles. The Hall–Kier alpha value is -4.18. The molecule has 2 heterocycles. The van der Waals surface area contributed by atoms with Crippen molar-refractivity contribution in [2.24, 2.45) is 10.7 Å². The molecule has 1 unspecified atom stereocenters. The lowest BCUT2D eigenvalue weighted by molar-refractivity contribution is -0.122. The second-order valence-electron chi connectivity index (χ2n) is 8.93. The monoisotopic (exact) mass is 489 g/mol. The van der Waals surface area contributed by atoms with Gasteiger partial charge in [0.1, 0.15) is 12.6 Å². The number of benzene rings is 2. The van der Waals surface area contributed by atoms with Crippen molar-refractivity contribution >= 4 is 17.7 Å². The van der Waals surface area contributed by atoms with Gasteiger partial charge in [0.05, 0.1) is 6.54 Å². The van der Waals surface area contributed by atoms with Gasteiger partial charge in [-0.3, -0.25) is 19.0 Å². The quantitative estimate of drug-likeness (QED) is 0.356. The van der Waals surface area contributed by atoms with E-state index in [0.29, 0.717) is 18.8 Å². The highest BCUT2D eigenvalue weighted by atomic mass is 16.7. The van der Waals surface area contributed by atoms with Crippen LogP contribution in [0.15, 0.2) is 76.6 Å². The fourth-order valence-corrected chi connectivity index (χ4v) is 4.08. The van der Waals surface area contributed by atoms with Crippen molar-refractivity contribution in [3.8, 4) is 0 Å². The predicted octanol–water partition coefficient (Wildman–Crippen LogP) is 1.30. The maximum Gasteiger partial charge on any atom is 0.293 e. The van der Waals surface area contributed by atoms with E-state index in [4.69, 9.17) is 10.6 Å². The van der Waals surface area contributed by atoms with E-state index in [9.17, 15) is 9.59 Å². The summed E-state index contributed by atoms with van der Waals surface area (Å²) in [5.41, 5.74) is 10.0. The van der Waals surface area contributed by atoms with Crippen molar-refractivity contribution in [2.75, 3.05) is 25.0 Å². The van der Waals surface area contributed by atoms with Crippen LogP contribution in [0.5, 0.6) is 0 Å². The number of anilines is 1. The summed E-state index contributed by atoms with van der Waals surface area (Å²) in [5, 5.41) is 6.02. The number of guanidine groups is 1. The summed E-state index contributed by atoms with van der Waals surface area (Å²) in [6, 6.07) is 20.3. The zero-order valence-electron chi connectivity index (χ0n) is 20.4. The van der Waals surface area contributed by atoms with Crippen molar-refractivity contribution in [3.05, 3.63) is 94.0 Å². The first-order valence-corrected chi connectivity index (χ1v) is 11.8. The summed E-state index contributed by atoms with van der Waals surface area (Å²) in [6.07, 6.45) is 1.24. The molecule has 1 aliphatic heterocycles. The van der Waals surface area contributed by atoms with Crippen molar-refractivity contribution < 1.29 is 9.63 Å². The van der Waals surface area contributed by atoms with Gasteiger partial charge in [-0.05, 0) is 25.0 Å². The lowest BCUT2D eigenvalue weighted by Crippen LogP contribution is -2.47. The fourth-order valence-electron chi connectivity index (χ4n) is 4.08. The Morgan fingerprint density at radius 1 is 1.17 bits per heavy atom. The van der Waals surface area contributed by atoms with E-state index in [-0.39, 0.29) is 42.4 Å². The van der Waals surface area contributed by atoms with Crippen molar-refractivity contribution in [1.82, 2.24) is 20.3 Å². The number of hydrogen-bond donors (Lipinski definition) is 4. The minimum absolute atomic E-state index is 0.137. The predicted molar refractivity (Wildman–Crippen MR) is 139 cm³/mol. The Labute approximate surface area is 209 Å². The van der Waals surface area contributed by atoms with Crippen LogP contribution in [0, 0.1) is 6.92 Å². The first-order chi connectivity index (χ1) is 17.4. The van der Waals surface area contributed by atoms with Gasteiger partial charge in [-0.15, -0.1) is 0 Å². The molecule has 0 spiro atoms. The Bertz CT molecular complexity index is 1240. The van der Waals surface area contributed by atoms with Crippen molar-refractivity contribution in [3.63, 3.8) is 0 Å². The van der Waals surface area contributed by atoms with Crippen molar-refractivity contribution in [1.29, 1.82) is 0 Å². The number of aliphatic imine (C=N–C) groups is 1. The molecular weight excluding hydrogens is 458 g/mol. The molecule has 188 valence electrons. The van der Waals surface area contributed by atoms with E-state index in [2.05, 4.69) is 57.3 Å². The Balaban J connectivity index is 1.48. The van der Waals surface area contributed by atoms with Gasteiger partial charge in [0.15, 0.2) is 5.82 Å². The third-order valence-corrected chi connectivity index (χ3v) is 6.31. The second kappa shape index (κ2) is 11.0. The highest BCUT2D eigenvalue weighted by Gasteiger charge is 2.29. The third-order valence-electron chi connectivity index (χ3n) is 6.31. The van der Waals surface area contributed by atoms with Crippen LogP contribution >= 0.6 is 0 Å². The van der Waals surface area contributed by atoms with Crippen LogP contribution in [0.25, 0.3) is 0 Å². The van der Waals surface area contributed by atoms with E-state index in [1.165, 1.54) is 4.57 Å². The lowest BCUT2D eigenvalue weighted by Gasteiger charge is -2.31. The van der Waals surface area contributed by atoms with Crippen LogP contribution in [0.3, 0.4) is 0 Å². The molecule has 2 aromatic carbocycles. The van der Waals surface area contributed by atoms with Gasteiger partial charge in [0.25, 0.3) is 5.56 Å². The minimum atomic E-state index is -0.413. The molecule has 1 atom stereocenters. The first-order valence-electron chi connectivity index (χ1n) is 11.8. The standard InChI is InChI=1S/C26H31N7O3/c1-18-13-29-23(24(35)33(18)16-22(34)28-14-21-15-30-25(27)32-36-21)31-17-26(2,19-9-5-3-6-10-19)20-11-7-4-8-12-20/h3-13,21H,14-17H2,1-2H3,(H,28,34)(H,29,31)(H3,27,30,32). The molecule has 36 heavy (non-hydrogen) atoms. The largest absolute Gasteiger partial charge is 0.368 e. The summed E-state index contributed by atoms with van der Waals surface area (Å²) in [6.45, 7) is 4.75. The van der Waals surface area contributed by atoms with Crippen LogP contribution in [-0.2, 0) is 21.6 Å². The van der Waals surface area contributed by atoms with Crippen molar-refractivity contribution in [2.45, 2.75) is 31.9 Å². The smallest absolute Gasteiger partial charge is 0.293 e.